The molecule has 0 aliphatic carbocycles. The summed E-state index contributed by atoms with van der Waals surface area (Å²) >= 11 is 6.73. The van der Waals surface area contributed by atoms with E-state index in [9.17, 15) is 0 Å². The molecule has 2 rings (SSSR count). The van der Waals surface area contributed by atoms with Gasteiger partial charge in [0.2, 0.25) is 0 Å². The Balaban J connectivity index is 1.93. The van der Waals surface area contributed by atoms with E-state index in [-0.39, 0.29) is 0 Å². The Labute approximate surface area is 124 Å². The molecule has 0 fully saturated rings. The zero-order valence-corrected chi connectivity index (χ0v) is 13.3. The highest BCUT2D eigenvalue weighted by Crippen LogP contribution is 2.27. The molecule has 1 N–H and O–H groups in total. The summed E-state index contributed by atoms with van der Waals surface area (Å²) in [4.78, 5) is 0. The van der Waals surface area contributed by atoms with E-state index in [0.717, 1.165) is 27.0 Å². The largest absolute Gasteiger partial charge is 0.451 e. The maximum absolute atomic E-state index is 5.51. The molecule has 1 aromatic carbocycles. The quantitative estimate of drug-likeness (QED) is 0.763. The van der Waals surface area contributed by atoms with E-state index in [1.165, 1.54) is 12.0 Å². The lowest BCUT2D eigenvalue weighted by Crippen LogP contribution is -1.98. The monoisotopic (exact) mass is 371 g/mol. The predicted molar refractivity (Wildman–Crippen MR) is 81.9 cm³/mol. The van der Waals surface area contributed by atoms with Gasteiger partial charge in [0, 0.05) is 5.69 Å². The third kappa shape index (κ3) is 3.62. The van der Waals surface area contributed by atoms with Gasteiger partial charge in [0.25, 0.3) is 0 Å². The van der Waals surface area contributed by atoms with Crippen LogP contribution in [-0.2, 0) is 13.0 Å². The fraction of sp³-hybridized carbons (Fsp3) is 0.286. The highest BCUT2D eigenvalue weighted by Gasteiger charge is 2.05. The Morgan fingerprint density at radius 1 is 1.17 bits per heavy atom. The lowest BCUT2D eigenvalue weighted by molar-refractivity contribution is 0.494. The van der Waals surface area contributed by atoms with Crippen LogP contribution in [0.5, 0.6) is 0 Å². The fourth-order valence-electron chi connectivity index (χ4n) is 1.75. The van der Waals surface area contributed by atoms with Crippen LogP contribution in [0.4, 0.5) is 5.69 Å². The third-order valence-corrected chi connectivity index (χ3v) is 4.37. The van der Waals surface area contributed by atoms with Crippen molar-refractivity contribution in [2.75, 3.05) is 5.32 Å². The molecule has 2 nitrogen and oxygen atoms in total. The second-order valence-electron chi connectivity index (χ2n) is 4.13. The number of halogens is 2. The van der Waals surface area contributed by atoms with Crippen molar-refractivity contribution in [3.05, 3.63) is 50.8 Å². The van der Waals surface area contributed by atoms with Crippen molar-refractivity contribution >= 4 is 37.5 Å². The fourth-order valence-corrected chi connectivity index (χ4v) is 2.40. The zero-order valence-electron chi connectivity index (χ0n) is 10.2. The molecule has 0 radical (unpaired) electrons. The van der Waals surface area contributed by atoms with E-state index in [1.54, 1.807) is 0 Å². The Morgan fingerprint density at radius 2 is 1.89 bits per heavy atom. The molecule has 0 amide bonds. The number of hydrogen-bond donors (Lipinski definition) is 1. The normalized spacial score (nSPS) is 10.6. The van der Waals surface area contributed by atoms with Crippen LogP contribution in [0.15, 0.2) is 43.9 Å². The number of rotatable bonds is 5. The molecule has 0 saturated carbocycles. The second-order valence-corrected chi connectivity index (χ2v) is 5.71. The minimum atomic E-state index is 0.678. The zero-order chi connectivity index (χ0) is 13.0. The molecule has 0 spiro atoms. The summed E-state index contributed by atoms with van der Waals surface area (Å²) in [6.07, 6.45) is 2.32. The molecule has 0 aliphatic rings. The van der Waals surface area contributed by atoms with Crippen molar-refractivity contribution in [1.29, 1.82) is 0 Å². The molecule has 0 atom stereocenters. The van der Waals surface area contributed by atoms with E-state index < -0.39 is 0 Å². The summed E-state index contributed by atoms with van der Waals surface area (Å²) in [6, 6.07) is 10.5. The van der Waals surface area contributed by atoms with Crippen molar-refractivity contribution in [1.82, 2.24) is 0 Å². The minimum Gasteiger partial charge on any atom is -0.451 e. The van der Waals surface area contributed by atoms with Crippen molar-refractivity contribution in [3.63, 3.8) is 0 Å². The van der Waals surface area contributed by atoms with Gasteiger partial charge in [-0.25, -0.2) is 0 Å². The standard InChI is InChI=1S/C14H15Br2NO/c1-2-3-10-4-6-11(7-5-10)17-9-12-8-13(15)14(16)18-12/h4-8,17H,2-3,9H2,1H3. The van der Waals surface area contributed by atoms with Crippen LogP contribution in [-0.4, -0.2) is 0 Å². The van der Waals surface area contributed by atoms with E-state index in [4.69, 9.17) is 4.42 Å². The van der Waals surface area contributed by atoms with Crippen molar-refractivity contribution in [2.45, 2.75) is 26.3 Å². The van der Waals surface area contributed by atoms with Gasteiger partial charge >= 0.3 is 0 Å². The van der Waals surface area contributed by atoms with Crippen molar-refractivity contribution in [2.24, 2.45) is 0 Å². The molecule has 1 heterocycles. The first-order valence-corrected chi connectivity index (χ1v) is 7.54. The molecule has 0 unspecified atom stereocenters. The van der Waals surface area contributed by atoms with Gasteiger partial charge in [-0.3, -0.25) is 0 Å². The van der Waals surface area contributed by atoms with Crippen LogP contribution in [0.25, 0.3) is 0 Å². The lowest BCUT2D eigenvalue weighted by Gasteiger charge is -2.05. The van der Waals surface area contributed by atoms with E-state index in [1.807, 2.05) is 6.07 Å². The number of furan rings is 1. The van der Waals surface area contributed by atoms with Gasteiger partial charge in [0.1, 0.15) is 5.76 Å². The maximum Gasteiger partial charge on any atom is 0.183 e. The van der Waals surface area contributed by atoms with Crippen LogP contribution in [0.2, 0.25) is 0 Å². The van der Waals surface area contributed by atoms with Crippen LogP contribution in [0.3, 0.4) is 0 Å². The smallest absolute Gasteiger partial charge is 0.183 e. The molecular formula is C14H15Br2NO. The van der Waals surface area contributed by atoms with Gasteiger partial charge in [0.15, 0.2) is 4.67 Å². The second kappa shape index (κ2) is 6.43. The van der Waals surface area contributed by atoms with Gasteiger partial charge < -0.3 is 9.73 Å². The molecule has 2 aromatic rings. The molecular weight excluding hydrogens is 358 g/mol. The molecule has 1 aromatic heterocycles. The first-order chi connectivity index (χ1) is 8.69. The predicted octanol–water partition coefficient (Wildman–Crippen LogP) is 5.37. The van der Waals surface area contributed by atoms with Crippen molar-refractivity contribution < 1.29 is 4.42 Å². The number of anilines is 1. The highest BCUT2D eigenvalue weighted by atomic mass is 79.9. The summed E-state index contributed by atoms with van der Waals surface area (Å²) in [5.41, 5.74) is 2.49. The number of benzene rings is 1. The van der Waals surface area contributed by atoms with Crippen molar-refractivity contribution in [3.8, 4) is 0 Å². The molecule has 0 aliphatic heterocycles. The maximum atomic E-state index is 5.51. The van der Waals surface area contributed by atoms with Gasteiger partial charge in [-0.1, -0.05) is 25.5 Å². The third-order valence-electron chi connectivity index (χ3n) is 2.66. The molecule has 4 heteroatoms. The first kappa shape index (κ1) is 13.7. The highest BCUT2D eigenvalue weighted by molar-refractivity contribution is 9.13. The van der Waals surface area contributed by atoms with E-state index >= 15 is 0 Å². The Hall–Kier alpha value is -0.740. The summed E-state index contributed by atoms with van der Waals surface area (Å²) in [7, 11) is 0. The van der Waals surface area contributed by atoms with Gasteiger partial charge in [-0.05, 0) is 62.0 Å². The Morgan fingerprint density at radius 3 is 2.44 bits per heavy atom. The SMILES string of the molecule is CCCc1ccc(NCc2cc(Br)c(Br)o2)cc1. The van der Waals surface area contributed by atoms with Crippen LogP contribution >= 0.6 is 31.9 Å². The first-order valence-electron chi connectivity index (χ1n) is 5.95. The van der Waals surface area contributed by atoms with Crippen LogP contribution in [0.1, 0.15) is 24.7 Å². The molecule has 0 bridgehead atoms. The minimum absolute atomic E-state index is 0.678. The Kier molecular flexibility index (Phi) is 4.89. The summed E-state index contributed by atoms with van der Waals surface area (Å²) < 4.78 is 7.18. The number of nitrogens with one attached hydrogen (secondary N) is 1. The summed E-state index contributed by atoms with van der Waals surface area (Å²) in [5.74, 6) is 0.895. The van der Waals surface area contributed by atoms with Gasteiger partial charge in [-0.15, -0.1) is 0 Å². The molecule has 0 saturated heterocycles. The van der Waals surface area contributed by atoms with Crippen LogP contribution < -0.4 is 5.32 Å². The average molecular weight is 373 g/mol. The molecule has 18 heavy (non-hydrogen) atoms. The topological polar surface area (TPSA) is 25.2 Å². The average Bonchev–Trinajstić information content (AvgIpc) is 2.68. The number of hydrogen-bond acceptors (Lipinski definition) is 2. The van der Waals surface area contributed by atoms with Gasteiger partial charge in [0.05, 0.1) is 11.0 Å². The molecule has 96 valence electrons. The van der Waals surface area contributed by atoms with E-state index in [2.05, 4.69) is 68.4 Å². The summed E-state index contributed by atoms with van der Waals surface area (Å²) in [6.45, 7) is 2.87. The Bertz CT molecular complexity index is 486. The van der Waals surface area contributed by atoms with Crippen LogP contribution in [0, 0.1) is 0 Å². The lowest BCUT2D eigenvalue weighted by atomic mass is 10.1. The number of aryl methyl sites for hydroxylation is 1. The van der Waals surface area contributed by atoms with E-state index in [0.29, 0.717) is 6.54 Å². The summed E-state index contributed by atoms with van der Waals surface area (Å²) in [5, 5.41) is 3.34. The van der Waals surface area contributed by atoms with Gasteiger partial charge in [-0.2, -0.15) is 0 Å².